The van der Waals surface area contributed by atoms with E-state index >= 15 is 0 Å². The minimum atomic E-state index is -3.45. The van der Waals surface area contributed by atoms with Crippen LogP contribution < -0.4 is 4.74 Å². The molecule has 1 N–H and O–H groups in total. The number of aromatic nitrogens is 1. The number of hydrogen-bond acceptors (Lipinski definition) is 6. The van der Waals surface area contributed by atoms with Gasteiger partial charge in [0.2, 0.25) is 0 Å². The smallest absolute Gasteiger partial charge is 0.367 e. The first-order valence-electron chi connectivity index (χ1n) is 11.9. The molecule has 0 aliphatic carbocycles. The lowest BCUT2D eigenvalue weighted by Crippen LogP contribution is -2.06. The Balaban J connectivity index is 1.66. The van der Waals surface area contributed by atoms with Gasteiger partial charge in [0, 0.05) is 16.5 Å². The van der Waals surface area contributed by atoms with Gasteiger partial charge in [-0.15, -0.1) is 0 Å². The number of carboxylic acid groups (broad SMARTS) is 1. The predicted molar refractivity (Wildman–Crippen MR) is 141 cm³/mol. The van der Waals surface area contributed by atoms with Crippen molar-refractivity contribution in [2.24, 2.45) is 0 Å². The number of pyridine rings is 1. The van der Waals surface area contributed by atoms with Crippen molar-refractivity contribution < 1.29 is 37.0 Å². The number of nitrogens with zero attached hydrogens (tertiary/aromatic N) is 1. The summed E-state index contributed by atoms with van der Waals surface area (Å²) < 4.78 is 57.3. The quantitative estimate of drug-likeness (QED) is 0.208. The van der Waals surface area contributed by atoms with Crippen LogP contribution in [0.3, 0.4) is 0 Å². The highest BCUT2D eigenvalue weighted by Gasteiger charge is 2.25. The molecule has 0 amide bonds. The van der Waals surface area contributed by atoms with Gasteiger partial charge in [0.1, 0.15) is 17.4 Å². The second-order valence-corrected chi connectivity index (χ2v) is 10.4. The number of rotatable bonds is 10. The van der Waals surface area contributed by atoms with Gasteiger partial charge in [0.15, 0.2) is 6.35 Å². The summed E-state index contributed by atoms with van der Waals surface area (Å²) in [5.41, 5.74) is 2.53. The molecule has 3 aromatic carbocycles. The SMILES string of the molecule is CCOP(=O)(COc1ccc(F)c(-c2ccc(-c3nc4ccc(F)cc4c(C(=O)O)c3C)cc2)c1)OCC. The highest BCUT2D eigenvalue weighted by molar-refractivity contribution is 7.53. The Morgan fingerprint density at radius 3 is 2.24 bits per heavy atom. The van der Waals surface area contributed by atoms with E-state index in [2.05, 4.69) is 4.98 Å². The van der Waals surface area contributed by atoms with Crippen molar-refractivity contribution in [2.75, 3.05) is 19.6 Å². The Kier molecular flexibility index (Phi) is 8.21. The van der Waals surface area contributed by atoms with Crippen LogP contribution in [0.15, 0.2) is 60.7 Å². The maximum absolute atomic E-state index is 14.7. The predicted octanol–water partition coefficient (Wildman–Crippen LogP) is 7.46. The van der Waals surface area contributed by atoms with Crippen LogP contribution in [0.2, 0.25) is 0 Å². The van der Waals surface area contributed by atoms with Crippen LogP contribution in [0.1, 0.15) is 29.8 Å². The lowest BCUT2D eigenvalue weighted by Gasteiger charge is -2.18. The van der Waals surface area contributed by atoms with Crippen molar-refractivity contribution >= 4 is 24.5 Å². The number of aromatic carboxylic acids is 1. The molecule has 0 atom stereocenters. The molecule has 1 aromatic heterocycles. The Morgan fingerprint density at radius 2 is 1.61 bits per heavy atom. The summed E-state index contributed by atoms with van der Waals surface area (Å²) in [7, 11) is -3.45. The Hall–Kier alpha value is -3.65. The fraction of sp³-hybridized carbons (Fsp3) is 0.214. The van der Waals surface area contributed by atoms with E-state index in [0.717, 1.165) is 6.07 Å². The van der Waals surface area contributed by atoms with Crippen molar-refractivity contribution in [3.63, 3.8) is 0 Å². The third-order valence-electron chi connectivity index (χ3n) is 5.85. The van der Waals surface area contributed by atoms with Gasteiger partial charge in [0.05, 0.1) is 30.0 Å². The Labute approximate surface area is 218 Å². The number of halogens is 2. The standard InChI is InChI=1S/C28H26F2NO6P/c1-4-36-38(34,37-5-2)16-35-21-11-12-24(30)22(15-21)18-6-8-19(9-7-18)27-17(3)26(28(32)33)23-14-20(29)10-13-25(23)31-27/h6-15H,4-5,16H2,1-3H3,(H,32,33). The van der Waals surface area contributed by atoms with Crippen LogP contribution in [-0.4, -0.2) is 35.6 Å². The summed E-state index contributed by atoms with van der Waals surface area (Å²) in [6, 6.07) is 14.8. The molecular weight excluding hydrogens is 515 g/mol. The molecule has 38 heavy (non-hydrogen) atoms. The fourth-order valence-electron chi connectivity index (χ4n) is 4.17. The summed E-state index contributed by atoms with van der Waals surface area (Å²) in [6.45, 7) is 5.40. The number of ether oxygens (including phenoxy) is 1. The van der Waals surface area contributed by atoms with Crippen LogP contribution in [0.25, 0.3) is 33.3 Å². The van der Waals surface area contributed by atoms with Crippen molar-refractivity contribution in [2.45, 2.75) is 20.8 Å². The second-order valence-electron chi connectivity index (χ2n) is 8.37. The maximum Gasteiger partial charge on any atom is 0.367 e. The minimum absolute atomic E-state index is 0.0270. The summed E-state index contributed by atoms with van der Waals surface area (Å²) in [4.78, 5) is 16.6. The summed E-state index contributed by atoms with van der Waals surface area (Å²) in [5.74, 6) is -1.94. The van der Waals surface area contributed by atoms with Gasteiger partial charge in [-0.05, 0) is 68.3 Å². The topological polar surface area (TPSA) is 95.0 Å². The third-order valence-corrected chi connectivity index (χ3v) is 7.60. The van der Waals surface area contributed by atoms with Crippen molar-refractivity contribution in [1.82, 2.24) is 4.98 Å². The summed E-state index contributed by atoms with van der Waals surface area (Å²) in [5, 5.41) is 10.0. The van der Waals surface area contributed by atoms with Crippen molar-refractivity contribution in [1.29, 1.82) is 0 Å². The molecule has 10 heteroatoms. The van der Waals surface area contributed by atoms with Gasteiger partial charge < -0.3 is 18.9 Å². The molecule has 1 heterocycles. The first-order valence-corrected chi connectivity index (χ1v) is 13.6. The molecule has 0 spiro atoms. The minimum Gasteiger partial charge on any atom is -0.481 e. The molecular formula is C28H26F2NO6P. The second kappa shape index (κ2) is 11.4. The van der Waals surface area contributed by atoms with Crippen LogP contribution in [-0.2, 0) is 13.6 Å². The number of carbonyl (C=O) groups is 1. The highest BCUT2D eigenvalue weighted by Crippen LogP contribution is 2.48. The van der Waals surface area contributed by atoms with E-state index in [4.69, 9.17) is 13.8 Å². The molecule has 4 rings (SSSR count). The van der Waals surface area contributed by atoms with Crippen LogP contribution in [0.5, 0.6) is 5.75 Å². The Morgan fingerprint density at radius 1 is 0.947 bits per heavy atom. The lowest BCUT2D eigenvalue weighted by atomic mass is 9.96. The average Bonchev–Trinajstić information content (AvgIpc) is 2.88. The molecule has 0 aliphatic rings. The number of hydrogen-bond donors (Lipinski definition) is 1. The van der Waals surface area contributed by atoms with E-state index in [0.29, 0.717) is 27.9 Å². The number of benzene rings is 3. The zero-order valence-electron chi connectivity index (χ0n) is 21.0. The van der Waals surface area contributed by atoms with Gasteiger partial charge in [-0.1, -0.05) is 24.3 Å². The summed E-state index contributed by atoms with van der Waals surface area (Å²) >= 11 is 0. The van der Waals surface area contributed by atoms with E-state index in [1.807, 2.05) is 0 Å². The molecule has 0 fully saturated rings. The zero-order valence-corrected chi connectivity index (χ0v) is 21.9. The van der Waals surface area contributed by atoms with E-state index in [1.54, 1.807) is 45.0 Å². The first kappa shape index (κ1) is 27.4. The monoisotopic (exact) mass is 541 g/mol. The molecule has 4 aromatic rings. The first-order chi connectivity index (χ1) is 18.2. The van der Waals surface area contributed by atoms with Gasteiger partial charge >= 0.3 is 13.6 Å². The largest absolute Gasteiger partial charge is 0.481 e. The average molecular weight is 541 g/mol. The van der Waals surface area contributed by atoms with Gasteiger partial charge in [-0.2, -0.15) is 0 Å². The third kappa shape index (κ3) is 5.75. The lowest BCUT2D eigenvalue weighted by molar-refractivity contribution is 0.0698. The highest BCUT2D eigenvalue weighted by atomic mass is 31.2. The fourth-order valence-corrected chi connectivity index (χ4v) is 5.49. The molecule has 0 bridgehead atoms. The van der Waals surface area contributed by atoms with Gasteiger partial charge in [-0.25, -0.2) is 18.6 Å². The summed E-state index contributed by atoms with van der Waals surface area (Å²) in [6.07, 6.45) is -0.318. The maximum atomic E-state index is 14.7. The normalized spacial score (nSPS) is 11.6. The van der Waals surface area contributed by atoms with E-state index < -0.39 is 25.2 Å². The number of carboxylic acids is 1. The van der Waals surface area contributed by atoms with Crippen LogP contribution >= 0.6 is 7.60 Å². The van der Waals surface area contributed by atoms with Crippen molar-refractivity contribution in [3.05, 3.63) is 83.4 Å². The van der Waals surface area contributed by atoms with Crippen molar-refractivity contribution in [3.8, 4) is 28.1 Å². The Bertz CT molecular complexity index is 1530. The van der Waals surface area contributed by atoms with Gasteiger partial charge in [0.25, 0.3) is 0 Å². The molecule has 0 saturated heterocycles. The van der Waals surface area contributed by atoms with Gasteiger partial charge in [-0.3, -0.25) is 4.57 Å². The van der Waals surface area contributed by atoms with E-state index in [9.17, 15) is 23.2 Å². The molecule has 198 valence electrons. The molecule has 0 unspecified atom stereocenters. The van der Waals surface area contributed by atoms with E-state index in [-0.39, 0.29) is 41.8 Å². The van der Waals surface area contributed by atoms with E-state index in [1.165, 1.54) is 30.3 Å². The van der Waals surface area contributed by atoms with Crippen LogP contribution in [0.4, 0.5) is 8.78 Å². The molecule has 0 radical (unpaired) electrons. The van der Waals surface area contributed by atoms with Crippen LogP contribution in [0, 0.1) is 18.6 Å². The zero-order chi connectivity index (χ0) is 27.4. The molecule has 7 nitrogen and oxygen atoms in total. The number of fused-ring (bicyclic) bond motifs is 1. The molecule has 0 aliphatic heterocycles. The molecule has 0 saturated carbocycles.